The van der Waals surface area contributed by atoms with Gasteiger partial charge in [-0.15, -0.1) is 0 Å². The standard InChI is InChI=1S/C14H13BrF2N2O2/c15-10-6-9-2-1-3-11(14(9)18-7-10)19-13(20)4-5-21-8-12(16)17/h1-3,6-7,12H,4-5,8H2,(H,19,20). The van der Waals surface area contributed by atoms with Crippen molar-refractivity contribution in [3.63, 3.8) is 0 Å². The third-order valence-electron chi connectivity index (χ3n) is 2.67. The Bertz CT molecular complexity index is 637. The number of pyridine rings is 1. The largest absolute Gasteiger partial charge is 0.375 e. The third-order valence-corrected chi connectivity index (χ3v) is 3.10. The Labute approximate surface area is 128 Å². The number of nitrogens with one attached hydrogen (secondary N) is 1. The quantitative estimate of drug-likeness (QED) is 0.802. The average molecular weight is 359 g/mol. The highest BCUT2D eigenvalue weighted by molar-refractivity contribution is 9.10. The number of aromatic nitrogens is 1. The fourth-order valence-electron chi connectivity index (χ4n) is 1.78. The van der Waals surface area contributed by atoms with Gasteiger partial charge in [-0.1, -0.05) is 12.1 Å². The summed E-state index contributed by atoms with van der Waals surface area (Å²) in [7, 11) is 0. The highest BCUT2D eigenvalue weighted by Gasteiger charge is 2.08. The number of ether oxygens (including phenoxy) is 1. The van der Waals surface area contributed by atoms with Gasteiger partial charge in [-0.3, -0.25) is 9.78 Å². The number of halogens is 3. The lowest BCUT2D eigenvalue weighted by molar-refractivity contribution is -0.117. The number of hydrogen-bond acceptors (Lipinski definition) is 3. The first-order valence-corrected chi connectivity index (χ1v) is 7.05. The summed E-state index contributed by atoms with van der Waals surface area (Å²) in [6, 6.07) is 7.32. The van der Waals surface area contributed by atoms with Gasteiger partial charge in [0.2, 0.25) is 5.91 Å². The van der Waals surface area contributed by atoms with Crippen LogP contribution in [0.25, 0.3) is 10.9 Å². The molecule has 0 aliphatic rings. The monoisotopic (exact) mass is 358 g/mol. The summed E-state index contributed by atoms with van der Waals surface area (Å²) in [4.78, 5) is 16.0. The Kier molecular flexibility index (Phi) is 5.58. The fraction of sp³-hybridized carbons (Fsp3) is 0.286. The molecule has 112 valence electrons. The van der Waals surface area contributed by atoms with E-state index in [1.807, 2.05) is 12.1 Å². The lowest BCUT2D eigenvalue weighted by atomic mass is 10.2. The Morgan fingerprint density at radius 1 is 1.43 bits per heavy atom. The Morgan fingerprint density at radius 2 is 2.24 bits per heavy atom. The molecular formula is C14H13BrF2N2O2. The Hall–Kier alpha value is -1.60. The number of carbonyl (C=O) groups excluding carboxylic acids is 1. The maximum atomic E-state index is 11.9. The normalized spacial score (nSPS) is 11.0. The van der Waals surface area contributed by atoms with E-state index in [1.165, 1.54) is 0 Å². The molecule has 1 aromatic carbocycles. The van der Waals surface area contributed by atoms with E-state index in [-0.39, 0.29) is 18.9 Å². The maximum Gasteiger partial charge on any atom is 0.261 e. The van der Waals surface area contributed by atoms with Gasteiger partial charge < -0.3 is 10.1 Å². The topological polar surface area (TPSA) is 51.2 Å². The van der Waals surface area contributed by atoms with Crippen LogP contribution in [0.2, 0.25) is 0 Å². The molecule has 1 heterocycles. The summed E-state index contributed by atoms with van der Waals surface area (Å²) in [5, 5.41) is 3.59. The van der Waals surface area contributed by atoms with E-state index in [2.05, 4.69) is 31.0 Å². The minimum absolute atomic E-state index is 0.0135. The highest BCUT2D eigenvalue weighted by atomic mass is 79.9. The number of hydrogen-bond donors (Lipinski definition) is 1. The molecule has 1 N–H and O–H groups in total. The molecule has 0 fully saturated rings. The van der Waals surface area contributed by atoms with Crippen LogP contribution in [-0.2, 0) is 9.53 Å². The summed E-state index contributed by atoms with van der Waals surface area (Å²) in [6.45, 7) is -0.697. The van der Waals surface area contributed by atoms with Crippen molar-refractivity contribution in [2.24, 2.45) is 0 Å². The fourth-order valence-corrected chi connectivity index (χ4v) is 2.13. The van der Waals surface area contributed by atoms with Gasteiger partial charge in [-0.25, -0.2) is 8.78 Å². The smallest absolute Gasteiger partial charge is 0.261 e. The van der Waals surface area contributed by atoms with Crippen molar-refractivity contribution >= 4 is 38.4 Å². The third kappa shape index (κ3) is 4.71. The molecule has 7 heteroatoms. The number of rotatable bonds is 6. The first-order chi connectivity index (χ1) is 10.1. The van der Waals surface area contributed by atoms with Gasteiger partial charge in [-0.05, 0) is 28.1 Å². The molecule has 4 nitrogen and oxygen atoms in total. The number of nitrogens with zero attached hydrogens (tertiary/aromatic N) is 1. The number of amides is 1. The van der Waals surface area contributed by atoms with Crippen LogP contribution in [0.1, 0.15) is 6.42 Å². The van der Waals surface area contributed by atoms with Crippen molar-refractivity contribution in [1.82, 2.24) is 4.98 Å². The number of alkyl halides is 2. The van der Waals surface area contributed by atoms with Crippen LogP contribution in [0.4, 0.5) is 14.5 Å². The second-order valence-electron chi connectivity index (χ2n) is 4.30. The molecule has 0 aliphatic heterocycles. The van der Waals surface area contributed by atoms with Crippen LogP contribution in [0.15, 0.2) is 34.9 Å². The van der Waals surface area contributed by atoms with Crippen molar-refractivity contribution < 1.29 is 18.3 Å². The predicted octanol–water partition coefficient (Wildman–Crippen LogP) is 3.61. The molecule has 0 saturated carbocycles. The molecule has 2 aromatic rings. The molecular weight excluding hydrogens is 346 g/mol. The Morgan fingerprint density at radius 3 is 3.00 bits per heavy atom. The van der Waals surface area contributed by atoms with Gasteiger partial charge in [-0.2, -0.15) is 0 Å². The first kappa shape index (κ1) is 15.8. The van der Waals surface area contributed by atoms with Gasteiger partial charge in [0.1, 0.15) is 6.61 Å². The SMILES string of the molecule is O=C(CCOCC(F)F)Nc1cccc2cc(Br)cnc12. The number of carbonyl (C=O) groups is 1. The van der Waals surface area contributed by atoms with Gasteiger partial charge in [0.15, 0.2) is 0 Å². The molecule has 0 unspecified atom stereocenters. The lowest BCUT2D eigenvalue weighted by Gasteiger charge is -2.08. The minimum atomic E-state index is -2.52. The maximum absolute atomic E-state index is 11.9. The minimum Gasteiger partial charge on any atom is -0.375 e. The zero-order valence-electron chi connectivity index (χ0n) is 11.0. The molecule has 0 bridgehead atoms. The molecule has 0 aliphatic carbocycles. The molecule has 1 amide bonds. The van der Waals surface area contributed by atoms with Crippen molar-refractivity contribution in [3.05, 3.63) is 34.9 Å². The van der Waals surface area contributed by atoms with Crippen LogP contribution < -0.4 is 5.32 Å². The van der Waals surface area contributed by atoms with Crippen LogP contribution in [-0.4, -0.2) is 30.5 Å². The van der Waals surface area contributed by atoms with E-state index in [9.17, 15) is 13.6 Å². The van der Waals surface area contributed by atoms with Gasteiger partial charge >= 0.3 is 0 Å². The summed E-state index contributed by atoms with van der Waals surface area (Å²) < 4.78 is 29.3. The lowest BCUT2D eigenvalue weighted by Crippen LogP contribution is -2.16. The molecule has 0 spiro atoms. The van der Waals surface area contributed by atoms with Gasteiger partial charge in [0, 0.05) is 16.1 Å². The second-order valence-corrected chi connectivity index (χ2v) is 5.21. The van der Waals surface area contributed by atoms with Crippen molar-refractivity contribution in [2.45, 2.75) is 12.8 Å². The van der Waals surface area contributed by atoms with Gasteiger partial charge in [0.25, 0.3) is 6.43 Å². The van der Waals surface area contributed by atoms with E-state index in [4.69, 9.17) is 0 Å². The van der Waals surface area contributed by atoms with Crippen molar-refractivity contribution in [3.8, 4) is 0 Å². The van der Waals surface area contributed by atoms with E-state index in [0.29, 0.717) is 11.2 Å². The Balaban J connectivity index is 1.98. The van der Waals surface area contributed by atoms with E-state index < -0.39 is 13.0 Å². The van der Waals surface area contributed by atoms with Crippen LogP contribution in [0, 0.1) is 0 Å². The van der Waals surface area contributed by atoms with Crippen molar-refractivity contribution in [1.29, 1.82) is 0 Å². The summed E-state index contributed by atoms with van der Waals surface area (Å²) in [5.74, 6) is -0.304. The van der Waals surface area contributed by atoms with Crippen LogP contribution in [0.3, 0.4) is 0 Å². The highest BCUT2D eigenvalue weighted by Crippen LogP contribution is 2.23. The number of para-hydroxylation sites is 1. The van der Waals surface area contributed by atoms with Crippen LogP contribution in [0.5, 0.6) is 0 Å². The van der Waals surface area contributed by atoms with Crippen molar-refractivity contribution in [2.75, 3.05) is 18.5 Å². The van der Waals surface area contributed by atoms with Crippen LogP contribution >= 0.6 is 15.9 Å². The second kappa shape index (κ2) is 7.42. The van der Waals surface area contributed by atoms with E-state index in [0.717, 1.165) is 9.86 Å². The molecule has 0 atom stereocenters. The summed E-state index contributed by atoms with van der Waals surface area (Å²) in [5.41, 5.74) is 1.25. The molecule has 2 rings (SSSR count). The number of benzene rings is 1. The zero-order valence-corrected chi connectivity index (χ0v) is 12.6. The summed E-state index contributed by atoms with van der Waals surface area (Å²) in [6.07, 6.45) is -0.864. The molecule has 0 radical (unpaired) electrons. The number of anilines is 1. The van der Waals surface area contributed by atoms with E-state index >= 15 is 0 Å². The van der Waals surface area contributed by atoms with Gasteiger partial charge in [0.05, 0.1) is 24.2 Å². The molecule has 1 aromatic heterocycles. The molecule has 21 heavy (non-hydrogen) atoms. The predicted molar refractivity (Wildman–Crippen MR) is 79.5 cm³/mol. The zero-order chi connectivity index (χ0) is 15.2. The number of fused-ring (bicyclic) bond motifs is 1. The molecule has 0 saturated heterocycles. The average Bonchev–Trinajstić information content (AvgIpc) is 2.43. The van der Waals surface area contributed by atoms with E-state index in [1.54, 1.807) is 18.3 Å². The first-order valence-electron chi connectivity index (χ1n) is 6.26. The summed E-state index contributed by atoms with van der Waals surface area (Å²) >= 11 is 3.33.